The molecular formula is C9H14F3N3O. The lowest BCUT2D eigenvalue weighted by Crippen LogP contribution is -2.65. The summed E-state index contributed by atoms with van der Waals surface area (Å²) in [6, 6.07) is 0. The minimum absolute atomic E-state index is 0.339. The molecule has 2 aliphatic heterocycles. The number of nitrogens with two attached hydrogens (primary N) is 1. The highest BCUT2D eigenvalue weighted by Crippen LogP contribution is 2.41. The van der Waals surface area contributed by atoms with Crippen molar-refractivity contribution >= 4 is 5.91 Å². The molecular weight excluding hydrogens is 223 g/mol. The maximum absolute atomic E-state index is 12.7. The molecule has 1 amide bonds. The second-order valence-corrected chi connectivity index (χ2v) is 4.41. The number of piperidine rings is 2. The van der Waals surface area contributed by atoms with E-state index in [0.717, 1.165) is 0 Å². The average molecular weight is 237 g/mol. The first-order valence-corrected chi connectivity index (χ1v) is 5.25. The first kappa shape index (κ1) is 11.7. The summed E-state index contributed by atoms with van der Waals surface area (Å²) in [5.74, 6) is -2.71. The van der Waals surface area contributed by atoms with Crippen LogP contribution in [-0.4, -0.2) is 24.4 Å². The minimum Gasteiger partial charge on any atom is -0.340 e. The number of alkyl halides is 3. The zero-order chi connectivity index (χ0) is 11.9. The third-order valence-electron chi connectivity index (χ3n) is 3.29. The fourth-order valence-corrected chi connectivity index (χ4v) is 2.50. The van der Waals surface area contributed by atoms with Gasteiger partial charge in [-0.25, -0.2) is 0 Å². The van der Waals surface area contributed by atoms with Gasteiger partial charge in [-0.15, -0.1) is 0 Å². The van der Waals surface area contributed by atoms with E-state index in [-0.39, 0.29) is 6.17 Å². The summed E-state index contributed by atoms with van der Waals surface area (Å²) in [4.78, 5) is 11.2. The summed E-state index contributed by atoms with van der Waals surface area (Å²) in [5.41, 5.74) is 5.60. The molecule has 2 fully saturated rings. The summed E-state index contributed by atoms with van der Waals surface area (Å²) in [6.45, 7) is 0. The van der Waals surface area contributed by atoms with Gasteiger partial charge in [0.1, 0.15) is 0 Å². The molecule has 0 saturated carbocycles. The molecule has 2 rings (SSSR count). The molecule has 4 N–H and O–H groups in total. The molecule has 4 nitrogen and oxygen atoms in total. The second-order valence-electron chi connectivity index (χ2n) is 4.41. The van der Waals surface area contributed by atoms with Crippen LogP contribution in [0.5, 0.6) is 0 Å². The van der Waals surface area contributed by atoms with Crippen molar-refractivity contribution in [3.8, 4) is 0 Å². The van der Waals surface area contributed by atoms with Gasteiger partial charge in [0, 0.05) is 12.3 Å². The normalized spacial score (nSPS) is 40.1. The van der Waals surface area contributed by atoms with Crippen LogP contribution in [0.25, 0.3) is 0 Å². The van der Waals surface area contributed by atoms with E-state index in [4.69, 9.17) is 5.73 Å². The van der Waals surface area contributed by atoms with E-state index in [2.05, 4.69) is 10.6 Å². The molecule has 0 aromatic heterocycles. The largest absolute Gasteiger partial charge is 0.392 e. The van der Waals surface area contributed by atoms with Crippen LogP contribution in [-0.2, 0) is 4.79 Å². The van der Waals surface area contributed by atoms with Crippen molar-refractivity contribution in [2.75, 3.05) is 0 Å². The van der Waals surface area contributed by atoms with E-state index >= 15 is 0 Å². The van der Waals surface area contributed by atoms with Gasteiger partial charge in [0.15, 0.2) is 0 Å². The van der Waals surface area contributed by atoms with Gasteiger partial charge in [-0.2, -0.15) is 13.2 Å². The van der Waals surface area contributed by atoms with Gasteiger partial charge in [0.2, 0.25) is 5.91 Å². The molecule has 0 aromatic rings. The molecule has 4 unspecified atom stereocenters. The monoisotopic (exact) mass is 237 g/mol. The van der Waals surface area contributed by atoms with E-state index in [1.807, 2.05) is 0 Å². The number of fused-ring (bicyclic) bond motifs is 1. The van der Waals surface area contributed by atoms with Crippen molar-refractivity contribution in [1.29, 1.82) is 0 Å². The van der Waals surface area contributed by atoms with Crippen molar-refractivity contribution in [3.05, 3.63) is 0 Å². The Hall–Kier alpha value is -0.820. The van der Waals surface area contributed by atoms with E-state index in [0.29, 0.717) is 12.8 Å². The van der Waals surface area contributed by atoms with Gasteiger partial charge >= 0.3 is 6.18 Å². The Labute approximate surface area is 90.7 Å². The number of hydrogen-bond acceptors (Lipinski definition) is 3. The van der Waals surface area contributed by atoms with Crippen LogP contribution >= 0.6 is 0 Å². The van der Waals surface area contributed by atoms with Crippen molar-refractivity contribution in [2.45, 2.75) is 37.8 Å². The predicted molar refractivity (Wildman–Crippen MR) is 49.9 cm³/mol. The lowest BCUT2D eigenvalue weighted by atomic mass is 9.78. The number of carbonyl (C=O) groups is 1. The minimum atomic E-state index is -4.32. The number of carbonyl (C=O) groups excluding carboxylic acids is 1. The lowest BCUT2D eigenvalue weighted by Gasteiger charge is -2.44. The predicted octanol–water partition coefficient (Wildman–Crippen LogP) is 0.295. The quantitative estimate of drug-likeness (QED) is 0.567. The van der Waals surface area contributed by atoms with Crippen molar-refractivity contribution in [1.82, 2.24) is 10.6 Å². The van der Waals surface area contributed by atoms with Crippen molar-refractivity contribution in [2.24, 2.45) is 17.6 Å². The summed E-state index contributed by atoms with van der Waals surface area (Å²) < 4.78 is 38.2. The third kappa shape index (κ3) is 2.15. The van der Waals surface area contributed by atoms with Gasteiger partial charge in [-0.05, 0) is 12.8 Å². The second kappa shape index (κ2) is 3.89. The van der Waals surface area contributed by atoms with Gasteiger partial charge in [0.05, 0.1) is 18.2 Å². The highest BCUT2D eigenvalue weighted by atomic mass is 19.4. The topological polar surface area (TPSA) is 67.1 Å². The van der Waals surface area contributed by atoms with E-state index in [1.165, 1.54) is 0 Å². The zero-order valence-corrected chi connectivity index (χ0v) is 8.55. The fourth-order valence-electron chi connectivity index (χ4n) is 2.50. The van der Waals surface area contributed by atoms with Crippen molar-refractivity contribution in [3.63, 3.8) is 0 Å². The van der Waals surface area contributed by atoms with Crippen LogP contribution in [0.3, 0.4) is 0 Å². The zero-order valence-electron chi connectivity index (χ0n) is 8.55. The van der Waals surface area contributed by atoms with Crippen LogP contribution in [0.1, 0.15) is 19.3 Å². The summed E-state index contributed by atoms with van der Waals surface area (Å²) >= 11 is 0. The van der Waals surface area contributed by atoms with Gasteiger partial charge in [-0.1, -0.05) is 0 Å². The number of rotatable bonds is 0. The Kier molecular flexibility index (Phi) is 2.83. The molecule has 92 valence electrons. The van der Waals surface area contributed by atoms with Gasteiger partial charge in [0.25, 0.3) is 0 Å². The van der Waals surface area contributed by atoms with Crippen LogP contribution < -0.4 is 16.4 Å². The lowest BCUT2D eigenvalue weighted by molar-refractivity contribution is -0.205. The first-order valence-electron chi connectivity index (χ1n) is 5.25. The molecule has 0 radical (unpaired) electrons. The first-order chi connectivity index (χ1) is 7.38. The fraction of sp³-hybridized carbons (Fsp3) is 0.889. The summed E-state index contributed by atoms with van der Waals surface area (Å²) in [6.07, 6.45) is -4.87. The molecule has 0 aliphatic carbocycles. The Morgan fingerprint density at radius 3 is 2.62 bits per heavy atom. The highest BCUT2D eigenvalue weighted by Gasteiger charge is 2.52. The highest BCUT2D eigenvalue weighted by molar-refractivity contribution is 5.77. The van der Waals surface area contributed by atoms with Crippen molar-refractivity contribution < 1.29 is 18.0 Å². The molecule has 4 atom stereocenters. The molecule has 2 saturated heterocycles. The van der Waals surface area contributed by atoms with Gasteiger partial charge < -0.3 is 11.1 Å². The maximum atomic E-state index is 12.7. The van der Waals surface area contributed by atoms with Crippen LogP contribution in [0.15, 0.2) is 0 Å². The number of amides is 1. The number of hydrogen-bond donors (Lipinski definition) is 3. The number of halogens is 3. The number of nitrogens with one attached hydrogen (secondary N) is 2. The van der Waals surface area contributed by atoms with Gasteiger partial charge in [-0.3, -0.25) is 10.1 Å². The van der Waals surface area contributed by atoms with Crippen LogP contribution in [0.2, 0.25) is 0 Å². The Bertz CT molecular complexity index is 294. The summed E-state index contributed by atoms with van der Waals surface area (Å²) in [5, 5.41) is 5.32. The Morgan fingerprint density at radius 2 is 2.00 bits per heavy atom. The molecule has 2 heterocycles. The standard InChI is InChI=1S/C9H14F3N3O/c10-9(11,12)5-3-7(16)15-8-4(5)1-2-6(13)14-8/h4-6,8,14H,1-3,13H2,(H,15,16). The molecule has 0 bridgehead atoms. The van der Waals surface area contributed by atoms with E-state index in [9.17, 15) is 18.0 Å². The average Bonchev–Trinajstić information content (AvgIpc) is 2.14. The van der Waals surface area contributed by atoms with E-state index < -0.39 is 36.5 Å². The molecule has 0 aromatic carbocycles. The maximum Gasteiger partial charge on any atom is 0.392 e. The third-order valence-corrected chi connectivity index (χ3v) is 3.29. The molecule has 16 heavy (non-hydrogen) atoms. The Balaban J connectivity index is 2.17. The SMILES string of the molecule is NC1CCC2C(NC(=O)CC2C(F)(F)F)N1. The molecule has 2 aliphatic rings. The molecule has 0 spiro atoms. The van der Waals surface area contributed by atoms with Crippen LogP contribution in [0, 0.1) is 11.8 Å². The smallest absolute Gasteiger partial charge is 0.340 e. The summed E-state index contributed by atoms with van der Waals surface area (Å²) in [7, 11) is 0. The van der Waals surface area contributed by atoms with Crippen LogP contribution in [0.4, 0.5) is 13.2 Å². The molecule has 7 heteroatoms. The van der Waals surface area contributed by atoms with E-state index in [1.54, 1.807) is 0 Å². The Morgan fingerprint density at radius 1 is 1.31 bits per heavy atom.